The van der Waals surface area contributed by atoms with Crippen molar-refractivity contribution in [2.45, 2.75) is 6.61 Å². The van der Waals surface area contributed by atoms with Gasteiger partial charge in [0.2, 0.25) is 0 Å². The van der Waals surface area contributed by atoms with E-state index in [9.17, 15) is 13.6 Å². The zero-order valence-corrected chi connectivity index (χ0v) is 12.8. The van der Waals surface area contributed by atoms with E-state index in [2.05, 4.69) is 10.2 Å². The standard InChI is InChI=1S/C12H11AsN2O7/c16-6-9-5-10(17)11(18)12(22-9)15-14-8-3-1-7(2-4-8)13(19,20)21/h1-5,16,18H,6H2,(H2,19,20,21). The van der Waals surface area contributed by atoms with Crippen LogP contribution in [0.15, 0.2) is 49.8 Å². The minimum absolute atomic E-state index is 0.0868. The maximum absolute atomic E-state index is 11.4. The monoisotopic (exact) mass is 370 g/mol. The molecule has 0 fully saturated rings. The van der Waals surface area contributed by atoms with Crippen LogP contribution in [-0.4, -0.2) is 32.6 Å². The molecule has 1 aromatic carbocycles. The summed E-state index contributed by atoms with van der Waals surface area (Å²) in [5, 5.41) is 25.6. The van der Waals surface area contributed by atoms with Crippen molar-refractivity contribution in [3.8, 4) is 5.75 Å². The Morgan fingerprint density at radius 3 is 2.32 bits per heavy atom. The minimum atomic E-state index is -4.96. The van der Waals surface area contributed by atoms with E-state index in [0.717, 1.165) is 6.07 Å². The van der Waals surface area contributed by atoms with Crippen LogP contribution in [-0.2, 0) is 10.3 Å². The number of nitrogens with zero attached hydrogens (tertiary/aromatic N) is 2. The molecule has 0 aliphatic heterocycles. The fraction of sp³-hybridized carbons (Fsp3) is 0.0833. The van der Waals surface area contributed by atoms with Gasteiger partial charge in [-0.05, 0) is 0 Å². The van der Waals surface area contributed by atoms with Gasteiger partial charge in [0, 0.05) is 0 Å². The molecule has 0 aliphatic carbocycles. The first-order chi connectivity index (χ1) is 10.3. The van der Waals surface area contributed by atoms with Crippen LogP contribution in [0.3, 0.4) is 0 Å². The van der Waals surface area contributed by atoms with Gasteiger partial charge < -0.3 is 0 Å². The summed E-state index contributed by atoms with van der Waals surface area (Å²) < 4.78 is 34.0. The zero-order chi connectivity index (χ0) is 16.3. The molecular formula is C12H11AsN2O7. The van der Waals surface area contributed by atoms with Crippen LogP contribution in [0.1, 0.15) is 5.76 Å². The average molecular weight is 370 g/mol. The number of aliphatic hydroxyl groups is 1. The van der Waals surface area contributed by atoms with Crippen molar-refractivity contribution >= 4 is 30.1 Å². The zero-order valence-electron chi connectivity index (χ0n) is 10.9. The molecule has 1 aromatic heterocycles. The molecule has 0 unspecified atom stereocenters. The van der Waals surface area contributed by atoms with Gasteiger partial charge in [-0.15, -0.1) is 0 Å². The van der Waals surface area contributed by atoms with E-state index in [1.807, 2.05) is 0 Å². The number of aromatic hydroxyl groups is 1. The molecule has 0 spiro atoms. The molecule has 0 radical (unpaired) electrons. The number of azo groups is 1. The third-order valence-corrected chi connectivity index (χ3v) is 4.59. The Bertz CT molecular complexity index is 807. The maximum atomic E-state index is 11.4. The molecule has 22 heavy (non-hydrogen) atoms. The molecule has 0 saturated carbocycles. The second kappa shape index (κ2) is 6.28. The topological polar surface area (TPSA) is 153 Å². The predicted molar refractivity (Wildman–Crippen MR) is 73.7 cm³/mol. The summed E-state index contributed by atoms with van der Waals surface area (Å²) in [4.78, 5) is 11.4. The third-order valence-electron chi connectivity index (χ3n) is 2.55. The van der Waals surface area contributed by atoms with Crippen LogP contribution in [0.2, 0.25) is 0 Å². The number of aliphatic hydroxyl groups excluding tert-OH is 1. The molecule has 0 atom stereocenters. The van der Waals surface area contributed by atoms with E-state index in [-0.39, 0.29) is 15.8 Å². The fourth-order valence-corrected chi connectivity index (χ4v) is 2.61. The molecule has 10 heteroatoms. The van der Waals surface area contributed by atoms with Gasteiger partial charge in [0.05, 0.1) is 0 Å². The van der Waals surface area contributed by atoms with Gasteiger partial charge in [-0.1, -0.05) is 0 Å². The van der Waals surface area contributed by atoms with E-state index in [1.165, 1.54) is 24.3 Å². The molecule has 0 bridgehead atoms. The Hall–Kier alpha value is -2.19. The van der Waals surface area contributed by atoms with Crippen molar-refractivity contribution in [1.82, 2.24) is 0 Å². The van der Waals surface area contributed by atoms with Gasteiger partial charge >= 0.3 is 126 Å². The van der Waals surface area contributed by atoms with Crippen molar-refractivity contribution in [1.29, 1.82) is 0 Å². The first-order valence-electron chi connectivity index (χ1n) is 5.86. The van der Waals surface area contributed by atoms with E-state index in [4.69, 9.17) is 17.7 Å². The number of rotatable bonds is 4. The summed E-state index contributed by atoms with van der Waals surface area (Å²) >= 11 is -4.96. The van der Waals surface area contributed by atoms with Crippen LogP contribution in [0.25, 0.3) is 0 Å². The first-order valence-corrected chi connectivity index (χ1v) is 9.24. The number of hydrogen-bond donors (Lipinski definition) is 4. The van der Waals surface area contributed by atoms with E-state index in [1.54, 1.807) is 0 Å². The molecular weight excluding hydrogens is 359 g/mol. The second-order valence-corrected chi connectivity index (χ2v) is 7.52. The quantitative estimate of drug-likeness (QED) is 0.430. The van der Waals surface area contributed by atoms with Gasteiger partial charge in [0.1, 0.15) is 0 Å². The summed E-state index contributed by atoms with van der Waals surface area (Å²) in [5.74, 6) is -1.31. The van der Waals surface area contributed by atoms with Crippen molar-refractivity contribution < 1.29 is 26.6 Å². The van der Waals surface area contributed by atoms with Crippen LogP contribution in [0.5, 0.6) is 5.75 Å². The summed E-state index contributed by atoms with van der Waals surface area (Å²) in [6, 6.07) is 5.95. The van der Waals surface area contributed by atoms with Gasteiger partial charge in [0.15, 0.2) is 0 Å². The fourth-order valence-electron chi connectivity index (χ4n) is 1.48. The summed E-state index contributed by atoms with van der Waals surface area (Å²) in [6.07, 6.45) is 0. The van der Waals surface area contributed by atoms with Gasteiger partial charge in [0.25, 0.3) is 0 Å². The van der Waals surface area contributed by atoms with Gasteiger partial charge in [-0.3, -0.25) is 0 Å². The Labute approximate surface area is 126 Å². The van der Waals surface area contributed by atoms with Crippen molar-refractivity contribution in [3.05, 3.63) is 46.3 Å². The van der Waals surface area contributed by atoms with Crippen molar-refractivity contribution in [2.24, 2.45) is 10.2 Å². The van der Waals surface area contributed by atoms with Crippen molar-refractivity contribution in [3.63, 3.8) is 0 Å². The molecule has 0 aliphatic rings. The average Bonchev–Trinajstić information content (AvgIpc) is 2.48. The van der Waals surface area contributed by atoms with E-state index >= 15 is 0 Å². The van der Waals surface area contributed by atoms with Crippen LogP contribution in [0.4, 0.5) is 11.6 Å². The van der Waals surface area contributed by atoms with Crippen LogP contribution in [0, 0.1) is 0 Å². The molecule has 0 amide bonds. The number of hydrogen-bond acceptors (Lipinski definition) is 7. The van der Waals surface area contributed by atoms with Crippen LogP contribution < -0.4 is 9.78 Å². The molecule has 4 N–H and O–H groups in total. The van der Waals surface area contributed by atoms with Gasteiger partial charge in [-0.2, -0.15) is 0 Å². The Morgan fingerprint density at radius 1 is 1.14 bits per heavy atom. The molecule has 2 rings (SSSR count). The van der Waals surface area contributed by atoms with Crippen LogP contribution >= 0.6 is 0 Å². The molecule has 116 valence electrons. The predicted octanol–water partition coefficient (Wildman–Crippen LogP) is -0.186. The molecule has 1 heterocycles. The molecule has 2 aromatic rings. The van der Waals surface area contributed by atoms with Crippen molar-refractivity contribution in [2.75, 3.05) is 0 Å². The Morgan fingerprint density at radius 2 is 1.77 bits per heavy atom. The molecule has 0 saturated heterocycles. The normalized spacial score (nSPS) is 12.0. The SMILES string of the molecule is O=c1cc(CO)oc(N=Nc2ccc([As](=O)(O)O)cc2)c1O. The summed E-state index contributed by atoms with van der Waals surface area (Å²) in [6.45, 7) is -0.545. The first kappa shape index (κ1) is 16.2. The summed E-state index contributed by atoms with van der Waals surface area (Å²) in [5.41, 5.74) is -0.548. The Balaban J connectivity index is 2.31. The third kappa shape index (κ3) is 3.71. The van der Waals surface area contributed by atoms with E-state index < -0.39 is 37.8 Å². The Kier molecular flexibility index (Phi) is 4.62. The second-order valence-electron chi connectivity index (χ2n) is 4.15. The molecule has 9 nitrogen and oxygen atoms in total. The van der Waals surface area contributed by atoms with Gasteiger partial charge in [-0.25, -0.2) is 0 Å². The summed E-state index contributed by atoms with van der Waals surface area (Å²) in [7, 11) is 0. The van der Waals surface area contributed by atoms with E-state index in [0.29, 0.717) is 0 Å². The number of benzene rings is 1.